The fourth-order valence-corrected chi connectivity index (χ4v) is 3.65. The number of aromatic nitrogens is 1. The number of carboxylic acid groups (broad SMARTS) is 1. The number of para-hydroxylation sites is 1. The molecular weight excluding hydrogens is 352 g/mol. The van der Waals surface area contributed by atoms with Gasteiger partial charge in [0, 0.05) is 24.4 Å². The van der Waals surface area contributed by atoms with Gasteiger partial charge in [0.2, 0.25) is 5.91 Å². The number of hydrogen-bond acceptors (Lipinski definition) is 3. The summed E-state index contributed by atoms with van der Waals surface area (Å²) in [5, 5.41) is 9.98. The van der Waals surface area contributed by atoms with Gasteiger partial charge in [-0.1, -0.05) is 76.5 Å². The van der Waals surface area contributed by atoms with Crippen LogP contribution in [0.25, 0.3) is 10.9 Å². The van der Waals surface area contributed by atoms with E-state index in [1.54, 1.807) is 10.8 Å². The minimum absolute atomic E-state index is 0.0642. The van der Waals surface area contributed by atoms with Crippen molar-refractivity contribution in [2.24, 2.45) is 5.73 Å². The Labute approximate surface area is 167 Å². The molecule has 2 rings (SSSR count). The SMILES string of the molecule is CCCCCCCCCCCC(=O)n1cc(C[C@H](N)C(=O)O)c2ccccc21. The van der Waals surface area contributed by atoms with Crippen molar-refractivity contribution in [2.45, 2.75) is 83.6 Å². The van der Waals surface area contributed by atoms with Gasteiger partial charge < -0.3 is 10.8 Å². The van der Waals surface area contributed by atoms with Gasteiger partial charge in [-0.05, 0) is 18.1 Å². The number of nitrogens with two attached hydrogens (primary N) is 1. The Morgan fingerprint density at radius 1 is 1.00 bits per heavy atom. The fourth-order valence-electron chi connectivity index (χ4n) is 3.65. The molecule has 0 aliphatic rings. The van der Waals surface area contributed by atoms with Crippen molar-refractivity contribution in [3.05, 3.63) is 36.0 Å². The normalized spacial score (nSPS) is 12.4. The van der Waals surface area contributed by atoms with Crippen molar-refractivity contribution in [1.29, 1.82) is 0 Å². The summed E-state index contributed by atoms with van der Waals surface area (Å²) in [5.41, 5.74) is 7.34. The highest BCUT2D eigenvalue weighted by Gasteiger charge is 2.18. The summed E-state index contributed by atoms with van der Waals surface area (Å²) in [5.74, 6) is -0.966. The van der Waals surface area contributed by atoms with Crippen molar-refractivity contribution < 1.29 is 14.7 Å². The van der Waals surface area contributed by atoms with E-state index in [4.69, 9.17) is 10.8 Å². The van der Waals surface area contributed by atoms with Gasteiger partial charge in [-0.3, -0.25) is 14.2 Å². The van der Waals surface area contributed by atoms with E-state index < -0.39 is 12.0 Å². The van der Waals surface area contributed by atoms with Gasteiger partial charge in [-0.2, -0.15) is 0 Å². The van der Waals surface area contributed by atoms with Gasteiger partial charge >= 0.3 is 5.97 Å². The molecule has 0 fully saturated rings. The van der Waals surface area contributed by atoms with Crippen LogP contribution < -0.4 is 5.73 Å². The molecule has 0 saturated carbocycles. The Hall–Kier alpha value is -2.14. The molecule has 3 N–H and O–H groups in total. The van der Waals surface area contributed by atoms with Crippen LogP contribution >= 0.6 is 0 Å². The van der Waals surface area contributed by atoms with Gasteiger partial charge in [0.15, 0.2) is 0 Å². The molecule has 1 aromatic carbocycles. The summed E-state index contributed by atoms with van der Waals surface area (Å²) in [4.78, 5) is 23.8. The number of nitrogens with zero attached hydrogens (tertiary/aromatic N) is 1. The lowest BCUT2D eigenvalue weighted by Gasteiger charge is -2.05. The minimum Gasteiger partial charge on any atom is -0.480 e. The molecule has 154 valence electrons. The maximum Gasteiger partial charge on any atom is 0.320 e. The van der Waals surface area contributed by atoms with Gasteiger partial charge in [0.1, 0.15) is 6.04 Å². The molecule has 1 heterocycles. The van der Waals surface area contributed by atoms with Crippen molar-refractivity contribution in [1.82, 2.24) is 4.57 Å². The van der Waals surface area contributed by atoms with Crippen LogP contribution in [0.15, 0.2) is 30.5 Å². The van der Waals surface area contributed by atoms with E-state index in [0.717, 1.165) is 29.3 Å². The first-order valence-electron chi connectivity index (χ1n) is 10.6. The van der Waals surface area contributed by atoms with E-state index in [0.29, 0.717) is 6.42 Å². The van der Waals surface area contributed by atoms with Crippen LogP contribution in [-0.4, -0.2) is 27.6 Å². The Morgan fingerprint density at radius 2 is 1.61 bits per heavy atom. The second kappa shape index (κ2) is 11.6. The summed E-state index contributed by atoms with van der Waals surface area (Å²) in [6, 6.07) is 6.64. The number of unbranched alkanes of at least 4 members (excludes halogenated alkanes) is 8. The van der Waals surface area contributed by atoms with Crippen molar-refractivity contribution in [2.75, 3.05) is 0 Å². The van der Waals surface area contributed by atoms with Crippen LogP contribution in [0.5, 0.6) is 0 Å². The standard InChI is InChI=1S/C23H34N2O3/c1-2-3-4-5-6-7-8-9-10-15-22(26)25-17-18(16-20(24)23(27)28)19-13-11-12-14-21(19)25/h11-14,17,20H,2-10,15-16,24H2,1H3,(H,27,28)/t20-/m0/s1. The predicted molar refractivity (Wildman–Crippen MR) is 114 cm³/mol. The van der Waals surface area contributed by atoms with Crippen molar-refractivity contribution in [3.63, 3.8) is 0 Å². The summed E-state index contributed by atoms with van der Waals surface area (Å²) >= 11 is 0. The first kappa shape index (κ1) is 22.2. The van der Waals surface area contributed by atoms with Crippen LogP contribution in [0, 0.1) is 0 Å². The molecule has 1 atom stereocenters. The second-order valence-electron chi connectivity index (χ2n) is 7.66. The Kier molecular flexibility index (Phi) is 9.21. The number of aliphatic carboxylic acids is 1. The minimum atomic E-state index is -1.03. The largest absolute Gasteiger partial charge is 0.480 e. The van der Waals surface area contributed by atoms with E-state index in [-0.39, 0.29) is 12.3 Å². The average Bonchev–Trinajstić information content (AvgIpc) is 3.05. The maximum atomic E-state index is 12.7. The summed E-state index contributed by atoms with van der Waals surface area (Å²) in [7, 11) is 0. The topological polar surface area (TPSA) is 85.3 Å². The molecule has 28 heavy (non-hydrogen) atoms. The Morgan fingerprint density at radius 3 is 2.25 bits per heavy atom. The lowest BCUT2D eigenvalue weighted by Crippen LogP contribution is -2.32. The van der Waals surface area contributed by atoms with Gasteiger partial charge in [-0.25, -0.2) is 0 Å². The monoisotopic (exact) mass is 386 g/mol. The lowest BCUT2D eigenvalue weighted by atomic mass is 10.1. The number of carbonyl (C=O) groups excluding carboxylic acids is 1. The highest BCUT2D eigenvalue weighted by Crippen LogP contribution is 2.23. The van der Waals surface area contributed by atoms with Crippen LogP contribution in [0.1, 0.15) is 81.5 Å². The highest BCUT2D eigenvalue weighted by molar-refractivity contribution is 5.94. The van der Waals surface area contributed by atoms with Gasteiger partial charge in [0.05, 0.1) is 5.52 Å². The molecule has 0 bridgehead atoms. The third-order valence-electron chi connectivity index (χ3n) is 5.31. The predicted octanol–water partition coefficient (Wildman–Crippen LogP) is 5.16. The first-order chi connectivity index (χ1) is 13.5. The number of fused-ring (bicyclic) bond motifs is 1. The Bertz CT molecular complexity index is 766. The quantitative estimate of drug-likeness (QED) is 0.466. The summed E-state index contributed by atoms with van der Waals surface area (Å²) in [6.45, 7) is 2.23. The van der Waals surface area contributed by atoms with Crippen LogP contribution in [0.4, 0.5) is 0 Å². The number of hydrogen-bond donors (Lipinski definition) is 2. The molecule has 0 aliphatic carbocycles. The van der Waals surface area contributed by atoms with Gasteiger partial charge in [-0.15, -0.1) is 0 Å². The zero-order valence-corrected chi connectivity index (χ0v) is 17.0. The Balaban J connectivity index is 1.87. The average molecular weight is 387 g/mol. The molecule has 0 saturated heterocycles. The lowest BCUT2D eigenvalue weighted by molar-refractivity contribution is -0.138. The molecule has 5 heteroatoms. The zero-order valence-electron chi connectivity index (χ0n) is 17.0. The molecule has 0 amide bonds. The van der Waals surface area contributed by atoms with E-state index in [2.05, 4.69) is 6.92 Å². The molecule has 0 radical (unpaired) electrons. The van der Waals surface area contributed by atoms with E-state index in [1.807, 2.05) is 24.3 Å². The van der Waals surface area contributed by atoms with Crippen LogP contribution in [-0.2, 0) is 11.2 Å². The fraction of sp³-hybridized carbons (Fsp3) is 0.565. The summed E-state index contributed by atoms with van der Waals surface area (Å²) < 4.78 is 1.67. The molecule has 0 unspecified atom stereocenters. The molecule has 0 spiro atoms. The van der Waals surface area contributed by atoms with Gasteiger partial charge in [0.25, 0.3) is 0 Å². The van der Waals surface area contributed by atoms with E-state index in [1.165, 1.54) is 44.9 Å². The maximum absolute atomic E-state index is 12.7. The smallest absolute Gasteiger partial charge is 0.320 e. The summed E-state index contributed by atoms with van der Waals surface area (Å²) in [6.07, 6.45) is 13.5. The first-order valence-corrected chi connectivity index (χ1v) is 10.6. The molecule has 5 nitrogen and oxygen atoms in total. The van der Waals surface area contributed by atoms with Crippen molar-refractivity contribution >= 4 is 22.8 Å². The second-order valence-corrected chi connectivity index (χ2v) is 7.66. The number of benzene rings is 1. The number of rotatable bonds is 13. The third kappa shape index (κ3) is 6.48. The van der Waals surface area contributed by atoms with E-state index in [9.17, 15) is 9.59 Å². The van der Waals surface area contributed by atoms with Crippen molar-refractivity contribution in [3.8, 4) is 0 Å². The molecule has 0 aliphatic heterocycles. The van der Waals surface area contributed by atoms with Crippen LogP contribution in [0.2, 0.25) is 0 Å². The third-order valence-corrected chi connectivity index (χ3v) is 5.31. The van der Waals surface area contributed by atoms with Crippen LogP contribution in [0.3, 0.4) is 0 Å². The zero-order chi connectivity index (χ0) is 20.4. The number of carboxylic acids is 1. The number of carbonyl (C=O) groups is 2. The molecule has 2 aromatic rings. The highest BCUT2D eigenvalue weighted by atomic mass is 16.4. The molecular formula is C23H34N2O3. The van der Waals surface area contributed by atoms with E-state index >= 15 is 0 Å². The molecule has 1 aromatic heterocycles.